The fraction of sp³-hybridized carbons (Fsp3) is 0.800. The summed E-state index contributed by atoms with van der Waals surface area (Å²) in [7, 11) is 0. The van der Waals surface area contributed by atoms with Gasteiger partial charge in [-0.15, -0.1) is 0 Å². The van der Waals surface area contributed by atoms with Gasteiger partial charge in [0.1, 0.15) is 0 Å². The summed E-state index contributed by atoms with van der Waals surface area (Å²) in [6, 6.07) is 0. The highest BCUT2D eigenvalue weighted by Gasteiger charge is 2.28. The molecule has 1 aliphatic heterocycles. The van der Waals surface area contributed by atoms with Crippen molar-refractivity contribution in [2.75, 3.05) is 32.9 Å². The van der Waals surface area contributed by atoms with Crippen LogP contribution in [0.1, 0.15) is 13.3 Å². The molecule has 0 aliphatic carbocycles. The minimum Gasteiger partial charge on any atom is -0.479 e. The van der Waals surface area contributed by atoms with Crippen LogP contribution < -0.4 is 0 Å². The predicted octanol–water partition coefficient (Wildman–Crippen LogP) is -0.275. The average molecular weight is 231 g/mol. The molecule has 0 bridgehead atoms. The molecule has 1 saturated heterocycles. The van der Waals surface area contributed by atoms with Gasteiger partial charge in [0.25, 0.3) is 0 Å². The van der Waals surface area contributed by atoms with Crippen LogP contribution in [0.3, 0.4) is 0 Å². The van der Waals surface area contributed by atoms with Crippen LogP contribution in [0.15, 0.2) is 0 Å². The van der Waals surface area contributed by atoms with Crippen molar-refractivity contribution >= 4 is 11.9 Å². The zero-order chi connectivity index (χ0) is 12.0. The van der Waals surface area contributed by atoms with Gasteiger partial charge in [0.05, 0.1) is 26.2 Å². The van der Waals surface area contributed by atoms with Crippen LogP contribution in [0.2, 0.25) is 0 Å². The normalized spacial score (nSPS) is 20.8. The molecule has 1 N–H and O–H groups in total. The Morgan fingerprint density at radius 2 is 2.31 bits per heavy atom. The van der Waals surface area contributed by atoms with E-state index in [1.165, 1.54) is 4.90 Å². The van der Waals surface area contributed by atoms with Crippen molar-refractivity contribution in [2.24, 2.45) is 0 Å². The van der Waals surface area contributed by atoms with Crippen molar-refractivity contribution in [3.63, 3.8) is 0 Å². The standard InChI is InChI=1S/C10H17NO5/c1-2-15-5-3-9(12)11-4-6-16-8(7-11)10(13)14/h8H,2-7H2,1H3,(H,13,14). The molecular weight excluding hydrogens is 214 g/mol. The second-order valence-electron chi connectivity index (χ2n) is 3.48. The number of amides is 1. The maximum Gasteiger partial charge on any atom is 0.334 e. The Bertz CT molecular complexity index is 256. The molecule has 0 aromatic rings. The van der Waals surface area contributed by atoms with E-state index in [-0.39, 0.29) is 19.1 Å². The molecule has 0 spiro atoms. The molecule has 6 heteroatoms. The summed E-state index contributed by atoms with van der Waals surface area (Å²) in [6.45, 7) is 3.67. The number of nitrogens with zero attached hydrogens (tertiary/aromatic N) is 1. The van der Waals surface area contributed by atoms with Crippen molar-refractivity contribution in [3.8, 4) is 0 Å². The van der Waals surface area contributed by atoms with Crippen LogP contribution in [-0.4, -0.2) is 60.9 Å². The molecule has 16 heavy (non-hydrogen) atoms. The highest BCUT2D eigenvalue weighted by Crippen LogP contribution is 2.07. The number of hydrogen-bond acceptors (Lipinski definition) is 4. The molecule has 1 amide bonds. The van der Waals surface area contributed by atoms with Crippen molar-refractivity contribution in [3.05, 3.63) is 0 Å². The summed E-state index contributed by atoms with van der Waals surface area (Å²) in [4.78, 5) is 23.8. The summed E-state index contributed by atoms with van der Waals surface area (Å²) in [5, 5.41) is 8.76. The van der Waals surface area contributed by atoms with Gasteiger partial charge in [-0.05, 0) is 6.92 Å². The van der Waals surface area contributed by atoms with Gasteiger partial charge in [-0.3, -0.25) is 4.79 Å². The minimum atomic E-state index is -1.03. The van der Waals surface area contributed by atoms with E-state index in [9.17, 15) is 9.59 Å². The molecule has 0 saturated carbocycles. The molecule has 1 rings (SSSR count). The Labute approximate surface area is 94.1 Å². The first-order valence-electron chi connectivity index (χ1n) is 5.35. The lowest BCUT2D eigenvalue weighted by molar-refractivity contribution is -0.159. The first-order chi connectivity index (χ1) is 7.65. The maximum absolute atomic E-state index is 11.6. The predicted molar refractivity (Wildman–Crippen MR) is 55.1 cm³/mol. The number of hydrogen-bond donors (Lipinski definition) is 1. The van der Waals surface area contributed by atoms with Gasteiger partial charge in [-0.1, -0.05) is 0 Å². The number of carboxylic acids is 1. The van der Waals surface area contributed by atoms with E-state index < -0.39 is 12.1 Å². The number of rotatable bonds is 5. The Balaban J connectivity index is 2.35. The van der Waals surface area contributed by atoms with Crippen LogP contribution in [0.5, 0.6) is 0 Å². The SMILES string of the molecule is CCOCCC(=O)N1CCOC(C(=O)O)C1. The van der Waals surface area contributed by atoms with Gasteiger partial charge < -0.3 is 19.5 Å². The molecule has 1 fully saturated rings. The van der Waals surface area contributed by atoms with E-state index in [0.717, 1.165) is 0 Å². The zero-order valence-corrected chi connectivity index (χ0v) is 9.35. The first kappa shape index (κ1) is 12.9. The molecule has 92 valence electrons. The van der Waals surface area contributed by atoms with Gasteiger partial charge in [0.2, 0.25) is 5.91 Å². The number of carbonyl (C=O) groups is 2. The maximum atomic E-state index is 11.6. The lowest BCUT2D eigenvalue weighted by Crippen LogP contribution is -2.48. The molecule has 0 aromatic carbocycles. The second-order valence-corrected chi connectivity index (χ2v) is 3.48. The molecular formula is C10H17NO5. The van der Waals surface area contributed by atoms with Crippen LogP contribution in [-0.2, 0) is 19.1 Å². The van der Waals surface area contributed by atoms with E-state index >= 15 is 0 Å². The van der Waals surface area contributed by atoms with Crippen molar-refractivity contribution < 1.29 is 24.2 Å². The fourth-order valence-electron chi connectivity index (χ4n) is 1.49. The van der Waals surface area contributed by atoms with E-state index in [1.54, 1.807) is 0 Å². The Kier molecular flexibility index (Phi) is 5.21. The van der Waals surface area contributed by atoms with E-state index in [0.29, 0.717) is 26.2 Å². The third-order valence-corrected chi connectivity index (χ3v) is 2.36. The van der Waals surface area contributed by atoms with Gasteiger partial charge in [0, 0.05) is 13.2 Å². The first-order valence-corrected chi connectivity index (χ1v) is 5.35. The second kappa shape index (κ2) is 6.44. The largest absolute Gasteiger partial charge is 0.479 e. The Hall–Kier alpha value is -1.14. The Morgan fingerprint density at radius 1 is 1.56 bits per heavy atom. The summed E-state index contributed by atoms with van der Waals surface area (Å²) in [6.07, 6.45) is -0.606. The fourth-order valence-corrected chi connectivity index (χ4v) is 1.49. The molecule has 1 atom stereocenters. The average Bonchev–Trinajstić information content (AvgIpc) is 2.29. The number of carbonyl (C=O) groups excluding carboxylic acids is 1. The van der Waals surface area contributed by atoms with Crippen molar-refractivity contribution in [1.29, 1.82) is 0 Å². The summed E-state index contributed by atoms with van der Waals surface area (Å²) in [5.41, 5.74) is 0. The number of aliphatic carboxylic acids is 1. The quantitative estimate of drug-likeness (QED) is 0.659. The summed E-state index contributed by atoms with van der Waals surface area (Å²) < 4.78 is 10.1. The summed E-state index contributed by atoms with van der Waals surface area (Å²) in [5.74, 6) is -1.11. The molecule has 1 unspecified atom stereocenters. The number of carboxylic acid groups (broad SMARTS) is 1. The van der Waals surface area contributed by atoms with Crippen LogP contribution in [0.25, 0.3) is 0 Å². The molecule has 6 nitrogen and oxygen atoms in total. The van der Waals surface area contributed by atoms with Gasteiger partial charge in [-0.2, -0.15) is 0 Å². The van der Waals surface area contributed by atoms with E-state index in [2.05, 4.69) is 0 Å². The Morgan fingerprint density at radius 3 is 2.94 bits per heavy atom. The van der Waals surface area contributed by atoms with Crippen LogP contribution in [0, 0.1) is 0 Å². The molecule has 1 heterocycles. The van der Waals surface area contributed by atoms with Crippen molar-refractivity contribution in [2.45, 2.75) is 19.4 Å². The van der Waals surface area contributed by atoms with Crippen molar-refractivity contribution in [1.82, 2.24) is 4.90 Å². The number of ether oxygens (including phenoxy) is 2. The van der Waals surface area contributed by atoms with E-state index in [1.807, 2.05) is 6.92 Å². The lowest BCUT2D eigenvalue weighted by Gasteiger charge is -2.30. The monoisotopic (exact) mass is 231 g/mol. The van der Waals surface area contributed by atoms with Crippen LogP contribution >= 0.6 is 0 Å². The zero-order valence-electron chi connectivity index (χ0n) is 9.35. The molecule has 0 radical (unpaired) electrons. The van der Waals surface area contributed by atoms with Gasteiger partial charge in [0.15, 0.2) is 6.10 Å². The minimum absolute atomic E-state index is 0.0806. The summed E-state index contributed by atoms with van der Waals surface area (Å²) >= 11 is 0. The highest BCUT2D eigenvalue weighted by atomic mass is 16.5. The molecule has 1 aliphatic rings. The van der Waals surface area contributed by atoms with Crippen LogP contribution in [0.4, 0.5) is 0 Å². The smallest absolute Gasteiger partial charge is 0.334 e. The van der Waals surface area contributed by atoms with E-state index in [4.69, 9.17) is 14.6 Å². The number of morpholine rings is 1. The third-order valence-electron chi connectivity index (χ3n) is 2.36. The molecule has 0 aromatic heterocycles. The topological polar surface area (TPSA) is 76.1 Å². The van der Waals surface area contributed by atoms with Gasteiger partial charge in [-0.25, -0.2) is 4.79 Å². The highest BCUT2D eigenvalue weighted by molar-refractivity contribution is 5.78. The third kappa shape index (κ3) is 3.79. The van der Waals surface area contributed by atoms with Gasteiger partial charge >= 0.3 is 5.97 Å². The lowest BCUT2D eigenvalue weighted by atomic mass is 10.2.